The number of hydrogen-bond donors (Lipinski definition) is 1. The Hall–Kier alpha value is -2.52. The number of amides is 1. The molecule has 1 aliphatic heterocycles. The van der Waals surface area contributed by atoms with Gasteiger partial charge in [-0.05, 0) is 24.7 Å². The van der Waals surface area contributed by atoms with Crippen molar-refractivity contribution in [1.82, 2.24) is 15.2 Å². The Bertz CT molecular complexity index is 753. The van der Waals surface area contributed by atoms with Gasteiger partial charge in [0, 0.05) is 45.0 Å². The SMILES string of the molecule is CN1CCN(c2ccc(CNC(=O)c3ccc([N+](=O)[O-])s3)cn2)CC1. The first-order valence-corrected chi connectivity index (χ1v) is 8.75. The molecule has 0 radical (unpaired) electrons. The summed E-state index contributed by atoms with van der Waals surface area (Å²) < 4.78 is 0. The number of piperazine rings is 1. The van der Waals surface area contributed by atoms with E-state index in [0.717, 1.165) is 48.9 Å². The number of thiophene rings is 1. The second-order valence-corrected chi connectivity index (χ2v) is 6.95. The fourth-order valence-electron chi connectivity index (χ4n) is 2.56. The minimum Gasteiger partial charge on any atom is -0.354 e. The van der Waals surface area contributed by atoms with Crippen LogP contribution in [0.4, 0.5) is 10.8 Å². The number of pyridine rings is 1. The number of nitro groups is 1. The van der Waals surface area contributed by atoms with Crippen LogP contribution in [0.15, 0.2) is 30.5 Å². The predicted octanol–water partition coefficient (Wildman–Crippen LogP) is 1.73. The Kier molecular flexibility index (Phi) is 5.25. The third kappa shape index (κ3) is 4.31. The molecule has 9 heteroatoms. The second-order valence-electron chi connectivity index (χ2n) is 5.89. The van der Waals surface area contributed by atoms with E-state index in [1.807, 2.05) is 12.1 Å². The Balaban J connectivity index is 1.54. The van der Waals surface area contributed by atoms with Gasteiger partial charge in [-0.25, -0.2) is 4.98 Å². The highest BCUT2D eigenvalue weighted by Crippen LogP contribution is 2.23. The molecule has 1 saturated heterocycles. The van der Waals surface area contributed by atoms with Crippen molar-refractivity contribution in [2.45, 2.75) is 6.54 Å². The first-order chi connectivity index (χ1) is 12.0. The van der Waals surface area contributed by atoms with E-state index in [9.17, 15) is 14.9 Å². The van der Waals surface area contributed by atoms with E-state index in [-0.39, 0.29) is 10.9 Å². The minimum absolute atomic E-state index is 0.0386. The topological polar surface area (TPSA) is 91.6 Å². The zero-order valence-corrected chi connectivity index (χ0v) is 14.7. The fraction of sp³-hybridized carbons (Fsp3) is 0.375. The van der Waals surface area contributed by atoms with Gasteiger partial charge in [0.2, 0.25) is 0 Å². The highest BCUT2D eigenvalue weighted by molar-refractivity contribution is 7.17. The fourth-order valence-corrected chi connectivity index (χ4v) is 3.30. The highest BCUT2D eigenvalue weighted by atomic mass is 32.1. The van der Waals surface area contributed by atoms with Gasteiger partial charge < -0.3 is 15.1 Å². The van der Waals surface area contributed by atoms with Crippen molar-refractivity contribution in [3.63, 3.8) is 0 Å². The molecule has 25 heavy (non-hydrogen) atoms. The van der Waals surface area contributed by atoms with Gasteiger partial charge in [-0.1, -0.05) is 17.4 Å². The van der Waals surface area contributed by atoms with Crippen LogP contribution in [-0.2, 0) is 6.54 Å². The van der Waals surface area contributed by atoms with Crippen molar-refractivity contribution in [3.8, 4) is 0 Å². The molecule has 0 bridgehead atoms. The quantitative estimate of drug-likeness (QED) is 0.644. The molecule has 3 rings (SSSR count). The number of anilines is 1. The van der Waals surface area contributed by atoms with E-state index in [1.54, 1.807) is 6.20 Å². The van der Waals surface area contributed by atoms with Gasteiger partial charge in [0.15, 0.2) is 0 Å². The molecule has 0 aliphatic carbocycles. The van der Waals surface area contributed by atoms with Crippen molar-refractivity contribution in [1.29, 1.82) is 0 Å². The van der Waals surface area contributed by atoms with Crippen LogP contribution in [0.25, 0.3) is 0 Å². The average Bonchev–Trinajstić information content (AvgIpc) is 3.11. The van der Waals surface area contributed by atoms with Crippen LogP contribution in [0.5, 0.6) is 0 Å². The molecule has 1 fully saturated rings. The van der Waals surface area contributed by atoms with Gasteiger partial charge in [0.05, 0.1) is 9.80 Å². The third-order valence-electron chi connectivity index (χ3n) is 4.09. The summed E-state index contributed by atoms with van der Waals surface area (Å²) in [6.45, 7) is 4.28. The first-order valence-electron chi connectivity index (χ1n) is 7.94. The molecule has 1 N–H and O–H groups in total. The van der Waals surface area contributed by atoms with Crippen molar-refractivity contribution in [3.05, 3.63) is 51.0 Å². The number of carbonyl (C=O) groups excluding carboxylic acids is 1. The van der Waals surface area contributed by atoms with E-state index in [0.29, 0.717) is 11.4 Å². The molecule has 0 aromatic carbocycles. The Morgan fingerprint density at radius 3 is 2.64 bits per heavy atom. The second kappa shape index (κ2) is 7.58. The zero-order valence-electron chi connectivity index (χ0n) is 13.8. The number of hydrogen-bond acceptors (Lipinski definition) is 7. The Labute approximate surface area is 149 Å². The lowest BCUT2D eigenvalue weighted by Gasteiger charge is -2.33. The molecule has 2 aromatic rings. The summed E-state index contributed by atoms with van der Waals surface area (Å²) in [6, 6.07) is 6.71. The van der Waals surface area contributed by atoms with E-state index in [4.69, 9.17) is 0 Å². The average molecular weight is 361 g/mol. The van der Waals surface area contributed by atoms with Crippen LogP contribution in [0, 0.1) is 10.1 Å². The maximum absolute atomic E-state index is 12.0. The summed E-state index contributed by atoms with van der Waals surface area (Å²) in [6.07, 6.45) is 1.75. The van der Waals surface area contributed by atoms with E-state index >= 15 is 0 Å². The first kappa shape index (κ1) is 17.3. The summed E-state index contributed by atoms with van der Waals surface area (Å²) in [4.78, 5) is 31.5. The molecule has 1 aliphatic rings. The van der Waals surface area contributed by atoms with E-state index in [1.165, 1.54) is 12.1 Å². The number of nitrogens with zero attached hydrogens (tertiary/aromatic N) is 4. The third-order valence-corrected chi connectivity index (χ3v) is 5.12. The van der Waals surface area contributed by atoms with Gasteiger partial charge in [-0.2, -0.15) is 0 Å². The predicted molar refractivity (Wildman–Crippen MR) is 96.1 cm³/mol. The van der Waals surface area contributed by atoms with Gasteiger partial charge in [-0.15, -0.1) is 0 Å². The van der Waals surface area contributed by atoms with Crippen molar-refractivity contribution in [2.75, 3.05) is 38.1 Å². The standard InChI is InChI=1S/C16H19N5O3S/c1-19-6-8-20(9-7-19)14-4-2-12(10-17-14)11-18-16(22)13-3-5-15(25-13)21(23)24/h2-5,10H,6-9,11H2,1H3,(H,18,22). The van der Waals surface area contributed by atoms with Crippen LogP contribution < -0.4 is 10.2 Å². The summed E-state index contributed by atoms with van der Waals surface area (Å²) in [7, 11) is 2.11. The number of nitrogens with one attached hydrogen (secondary N) is 1. The summed E-state index contributed by atoms with van der Waals surface area (Å²) in [5.41, 5.74) is 0.886. The molecule has 0 unspecified atom stereocenters. The summed E-state index contributed by atoms with van der Waals surface area (Å²) >= 11 is 0.868. The number of carbonyl (C=O) groups is 1. The van der Waals surface area contributed by atoms with Gasteiger partial charge >= 0.3 is 5.00 Å². The molecule has 0 atom stereocenters. The number of aromatic nitrogens is 1. The van der Waals surface area contributed by atoms with Crippen molar-refractivity contribution >= 4 is 28.1 Å². The van der Waals surface area contributed by atoms with Crippen LogP contribution in [0.3, 0.4) is 0 Å². The van der Waals surface area contributed by atoms with Gasteiger partial charge in [-0.3, -0.25) is 14.9 Å². The highest BCUT2D eigenvalue weighted by Gasteiger charge is 2.16. The largest absolute Gasteiger partial charge is 0.354 e. The minimum atomic E-state index is -0.498. The van der Waals surface area contributed by atoms with Crippen molar-refractivity contribution < 1.29 is 9.72 Å². The zero-order chi connectivity index (χ0) is 17.8. The molecule has 0 saturated carbocycles. The molecular weight excluding hydrogens is 342 g/mol. The lowest BCUT2D eigenvalue weighted by molar-refractivity contribution is -0.380. The molecule has 8 nitrogen and oxygen atoms in total. The Morgan fingerprint density at radius 2 is 2.04 bits per heavy atom. The maximum atomic E-state index is 12.0. The molecule has 3 heterocycles. The molecule has 2 aromatic heterocycles. The normalized spacial score (nSPS) is 15.2. The van der Waals surface area contributed by atoms with Gasteiger partial charge in [0.25, 0.3) is 5.91 Å². The van der Waals surface area contributed by atoms with Crippen LogP contribution in [0.1, 0.15) is 15.2 Å². The molecular formula is C16H19N5O3S. The van der Waals surface area contributed by atoms with Crippen LogP contribution in [-0.4, -0.2) is 53.9 Å². The van der Waals surface area contributed by atoms with Crippen LogP contribution >= 0.6 is 11.3 Å². The van der Waals surface area contributed by atoms with Gasteiger partial charge in [0.1, 0.15) is 5.82 Å². The molecule has 1 amide bonds. The number of rotatable bonds is 5. The van der Waals surface area contributed by atoms with E-state index < -0.39 is 4.92 Å². The summed E-state index contributed by atoms with van der Waals surface area (Å²) in [5, 5.41) is 13.4. The van der Waals surface area contributed by atoms with E-state index in [2.05, 4.69) is 27.1 Å². The number of likely N-dealkylation sites (N-methyl/N-ethyl adjacent to an activating group) is 1. The monoisotopic (exact) mass is 361 g/mol. The molecule has 0 spiro atoms. The summed E-state index contributed by atoms with van der Waals surface area (Å²) in [5.74, 6) is 0.623. The van der Waals surface area contributed by atoms with Crippen molar-refractivity contribution in [2.24, 2.45) is 0 Å². The lowest BCUT2D eigenvalue weighted by atomic mass is 10.2. The smallest absolute Gasteiger partial charge is 0.324 e. The molecule has 132 valence electrons. The lowest BCUT2D eigenvalue weighted by Crippen LogP contribution is -2.44. The van der Waals surface area contributed by atoms with Crippen LogP contribution in [0.2, 0.25) is 0 Å². The Morgan fingerprint density at radius 1 is 1.28 bits per heavy atom. The maximum Gasteiger partial charge on any atom is 0.324 e.